The van der Waals surface area contributed by atoms with E-state index in [9.17, 15) is 18.4 Å². The smallest absolute Gasteiger partial charge is 0.387 e. The molecule has 4 rings (SSSR count). The summed E-state index contributed by atoms with van der Waals surface area (Å²) in [4.78, 5) is 28.9. The van der Waals surface area contributed by atoms with E-state index in [1.165, 1.54) is 18.2 Å². The van der Waals surface area contributed by atoms with E-state index >= 15 is 0 Å². The molecule has 2 amide bonds. The SMILES string of the molecule is O=C(Cc1ccc(-c2ccccc2)cc1)N1CCN(C(=O)c2ccccc2OC(F)F)CC1. The summed E-state index contributed by atoms with van der Waals surface area (Å²) in [5.74, 6) is -0.527. The van der Waals surface area contributed by atoms with Crippen LogP contribution in [0.15, 0.2) is 78.9 Å². The molecule has 1 aliphatic rings. The standard InChI is InChI=1S/C26H24F2N2O3/c27-26(28)33-23-9-5-4-8-22(23)25(32)30-16-14-29(15-17-30)24(31)18-19-10-12-21(13-11-19)20-6-2-1-3-7-20/h1-13,26H,14-18H2. The van der Waals surface area contributed by atoms with Crippen molar-refractivity contribution in [3.05, 3.63) is 90.0 Å². The Balaban J connectivity index is 1.33. The summed E-state index contributed by atoms with van der Waals surface area (Å²) in [6.07, 6.45) is 0.286. The van der Waals surface area contributed by atoms with Gasteiger partial charge in [0.2, 0.25) is 5.91 Å². The summed E-state index contributed by atoms with van der Waals surface area (Å²) in [6.45, 7) is -1.55. The third-order valence-corrected chi connectivity index (χ3v) is 5.67. The zero-order valence-corrected chi connectivity index (χ0v) is 18.0. The molecule has 3 aromatic rings. The number of nitrogens with zero attached hydrogens (tertiary/aromatic N) is 2. The number of halogens is 2. The predicted octanol–water partition coefficient (Wildman–Crippen LogP) is 4.48. The van der Waals surface area contributed by atoms with Crippen molar-refractivity contribution in [1.82, 2.24) is 9.80 Å². The lowest BCUT2D eigenvalue weighted by atomic mass is 10.0. The van der Waals surface area contributed by atoms with Crippen molar-refractivity contribution in [3.63, 3.8) is 0 Å². The molecule has 0 aliphatic carbocycles. The van der Waals surface area contributed by atoms with E-state index in [2.05, 4.69) is 4.74 Å². The molecule has 0 radical (unpaired) electrons. The van der Waals surface area contributed by atoms with Gasteiger partial charge in [0.05, 0.1) is 12.0 Å². The summed E-state index contributed by atoms with van der Waals surface area (Å²) in [5.41, 5.74) is 3.24. The van der Waals surface area contributed by atoms with Crippen molar-refractivity contribution < 1.29 is 23.1 Å². The van der Waals surface area contributed by atoms with Gasteiger partial charge in [-0.3, -0.25) is 9.59 Å². The first-order valence-corrected chi connectivity index (χ1v) is 10.8. The van der Waals surface area contributed by atoms with Gasteiger partial charge < -0.3 is 14.5 Å². The quantitative estimate of drug-likeness (QED) is 0.556. The van der Waals surface area contributed by atoms with Crippen molar-refractivity contribution in [2.75, 3.05) is 26.2 Å². The molecule has 1 aliphatic heterocycles. The molecule has 0 bridgehead atoms. The van der Waals surface area contributed by atoms with Gasteiger partial charge in [-0.05, 0) is 28.8 Å². The number of benzene rings is 3. The van der Waals surface area contributed by atoms with Gasteiger partial charge in [-0.2, -0.15) is 8.78 Å². The van der Waals surface area contributed by atoms with Crippen molar-refractivity contribution in [1.29, 1.82) is 0 Å². The molecule has 0 aromatic heterocycles. The number of rotatable bonds is 6. The van der Waals surface area contributed by atoms with E-state index in [0.717, 1.165) is 16.7 Å². The predicted molar refractivity (Wildman–Crippen MR) is 121 cm³/mol. The van der Waals surface area contributed by atoms with Gasteiger partial charge in [0.1, 0.15) is 5.75 Å². The van der Waals surface area contributed by atoms with E-state index < -0.39 is 6.61 Å². The highest BCUT2D eigenvalue weighted by Gasteiger charge is 2.27. The minimum atomic E-state index is -3.00. The van der Waals surface area contributed by atoms with E-state index in [1.807, 2.05) is 54.6 Å². The van der Waals surface area contributed by atoms with Crippen molar-refractivity contribution >= 4 is 11.8 Å². The highest BCUT2D eigenvalue weighted by atomic mass is 19.3. The minimum Gasteiger partial charge on any atom is -0.434 e. The van der Waals surface area contributed by atoms with E-state index in [1.54, 1.807) is 15.9 Å². The third kappa shape index (κ3) is 5.55. The summed E-state index contributed by atoms with van der Waals surface area (Å²) in [6, 6.07) is 23.9. The molecule has 0 saturated carbocycles. The van der Waals surface area contributed by atoms with Crippen LogP contribution in [-0.2, 0) is 11.2 Å². The fraction of sp³-hybridized carbons (Fsp3) is 0.231. The van der Waals surface area contributed by atoms with Crippen LogP contribution in [0, 0.1) is 0 Å². The fourth-order valence-electron chi connectivity index (χ4n) is 3.90. The number of hydrogen-bond acceptors (Lipinski definition) is 3. The van der Waals surface area contributed by atoms with Gasteiger partial charge in [0.25, 0.3) is 5.91 Å². The first-order valence-electron chi connectivity index (χ1n) is 10.8. The van der Waals surface area contributed by atoms with Gasteiger partial charge in [0, 0.05) is 26.2 Å². The van der Waals surface area contributed by atoms with E-state index in [0.29, 0.717) is 26.2 Å². The zero-order chi connectivity index (χ0) is 23.2. The topological polar surface area (TPSA) is 49.9 Å². The summed E-state index contributed by atoms with van der Waals surface area (Å²) in [7, 11) is 0. The third-order valence-electron chi connectivity index (χ3n) is 5.67. The average Bonchev–Trinajstić information content (AvgIpc) is 2.85. The normalized spacial score (nSPS) is 13.8. The molecular weight excluding hydrogens is 426 g/mol. The zero-order valence-electron chi connectivity index (χ0n) is 18.0. The van der Waals surface area contributed by atoms with Crippen LogP contribution >= 0.6 is 0 Å². The Morgan fingerprint density at radius 2 is 1.33 bits per heavy atom. The Morgan fingerprint density at radius 1 is 0.758 bits per heavy atom. The average molecular weight is 450 g/mol. The summed E-state index contributed by atoms with van der Waals surface area (Å²) in [5, 5.41) is 0. The minimum absolute atomic E-state index is 0.00371. The van der Waals surface area contributed by atoms with Crippen LogP contribution < -0.4 is 4.74 Å². The monoisotopic (exact) mass is 450 g/mol. The Kier molecular flexibility index (Phi) is 6.98. The number of piperazine rings is 1. The van der Waals surface area contributed by atoms with Crippen LogP contribution in [0.3, 0.4) is 0 Å². The van der Waals surface area contributed by atoms with Gasteiger partial charge in [-0.1, -0.05) is 66.7 Å². The molecule has 0 unspecified atom stereocenters. The Labute approximate surface area is 191 Å². The van der Waals surface area contributed by atoms with Gasteiger partial charge >= 0.3 is 6.61 Å². The van der Waals surface area contributed by atoms with Crippen LogP contribution in [0.4, 0.5) is 8.78 Å². The van der Waals surface area contributed by atoms with Gasteiger partial charge in [-0.15, -0.1) is 0 Å². The Morgan fingerprint density at radius 3 is 2.00 bits per heavy atom. The number of para-hydroxylation sites is 1. The second-order valence-corrected chi connectivity index (χ2v) is 7.79. The van der Waals surface area contributed by atoms with E-state index in [4.69, 9.17) is 0 Å². The number of hydrogen-bond donors (Lipinski definition) is 0. The molecule has 1 saturated heterocycles. The number of carbonyl (C=O) groups is 2. The molecule has 0 N–H and O–H groups in total. The van der Waals surface area contributed by atoms with Gasteiger partial charge in [-0.25, -0.2) is 0 Å². The Bertz CT molecular complexity index is 1100. The van der Waals surface area contributed by atoms with E-state index in [-0.39, 0.29) is 29.5 Å². The number of amides is 2. The molecule has 170 valence electrons. The molecule has 1 heterocycles. The lowest BCUT2D eigenvalue weighted by molar-refractivity contribution is -0.131. The first-order chi connectivity index (χ1) is 16.0. The van der Waals surface area contributed by atoms with Crippen LogP contribution in [0.1, 0.15) is 15.9 Å². The summed E-state index contributed by atoms with van der Waals surface area (Å²) < 4.78 is 29.8. The van der Waals surface area contributed by atoms with Crippen LogP contribution in [0.2, 0.25) is 0 Å². The maximum atomic E-state index is 12.8. The highest BCUT2D eigenvalue weighted by molar-refractivity contribution is 5.97. The Hall–Kier alpha value is -3.74. The number of alkyl halides is 2. The molecule has 0 atom stereocenters. The number of carbonyl (C=O) groups excluding carboxylic acids is 2. The van der Waals surface area contributed by atoms with Crippen LogP contribution in [0.25, 0.3) is 11.1 Å². The molecule has 1 fully saturated rings. The molecular formula is C26H24F2N2O3. The molecule has 3 aromatic carbocycles. The maximum Gasteiger partial charge on any atom is 0.387 e. The molecule has 0 spiro atoms. The van der Waals surface area contributed by atoms with Crippen molar-refractivity contribution in [2.45, 2.75) is 13.0 Å². The molecule has 33 heavy (non-hydrogen) atoms. The maximum absolute atomic E-state index is 12.8. The highest BCUT2D eigenvalue weighted by Crippen LogP contribution is 2.23. The fourth-order valence-corrected chi connectivity index (χ4v) is 3.90. The second-order valence-electron chi connectivity index (χ2n) is 7.79. The largest absolute Gasteiger partial charge is 0.434 e. The second kappa shape index (κ2) is 10.3. The lowest BCUT2D eigenvalue weighted by Gasteiger charge is -2.35. The van der Waals surface area contributed by atoms with Crippen LogP contribution in [-0.4, -0.2) is 54.4 Å². The van der Waals surface area contributed by atoms with Crippen molar-refractivity contribution in [2.24, 2.45) is 0 Å². The molecule has 5 nitrogen and oxygen atoms in total. The summed E-state index contributed by atoms with van der Waals surface area (Å²) >= 11 is 0. The lowest BCUT2D eigenvalue weighted by Crippen LogP contribution is -2.51. The molecule has 7 heteroatoms. The van der Waals surface area contributed by atoms with Crippen LogP contribution in [0.5, 0.6) is 5.75 Å². The van der Waals surface area contributed by atoms with Gasteiger partial charge in [0.15, 0.2) is 0 Å². The van der Waals surface area contributed by atoms with Crippen molar-refractivity contribution in [3.8, 4) is 16.9 Å². The number of ether oxygens (including phenoxy) is 1. The first kappa shape index (κ1) is 22.5.